The second-order valence-electron chi connectivity index (χ2n) is 6.20. The van der Waals surface area contributed by atoms with Gasteiger partial charge >= 0.3 is 17.8 Å². The number of urea groups is 1. The molecule has 1 aromatic heterocycles. The largest absolute Gasteiger partial charge is 0.467 e. The van der Waals surface area contributed by atoms with Gasteiger partial charge in [0.15, 0.2) is 0 Å². The molecular weight excluding hydrogens is 330 g/mol. The van der Waals surface area contributed by atoms with E-state index in [4.69, 9.17) is 9.15 Å². The third-order valence-corrected chi connectivity index (χ3v) is 4.09. The first kappa shape index (κ1) is 17.2. The molecule has 3 heterocycles. The van der Waals surface area contributed by atoms with E-state index in [9.17, 15) is 19.2 Å². The summed E-state index contributed by atoms with van der Waals surface area (Å²) in [5.74, 6) is -1.98. The van der Waals surface area contributed by atoms with E-state index in [0.29, 0.717) is 23.7 Å². The van der Waals surface area contributed by atoms with Crippen LogP contribution in [0.5, 0.6) is 0 Å². The van der Waals surface area contributed by atoms with Crippen molar-refractivity contribution in [1.82, 2.24) is 14.7 Å². The monoisotopic (exact) mass is 349 g/mol. The number of hydrogen-bond acceptors (Lipinski definition) is 6. The molecule has 0 spiro atoms. The van der Waals surface area contributed by atoms with Gasteiger partial charge in [-0.25, -0.2) is 14.6 Å². The van der Waals surface area contributed by atoms with Crippen LogP contribution in [0.2, 0.25) is 0 Å². The number of nitrogens with zero attached hydrogens (tertiary/aromatic N) is 3. The molecule has 2 aliphatic heterocycles. The first-order chi connectivity index (χ1) is 11.9. The van der Waals surface area contributed by atoms with Crippen molar-refractivity contribution in [2.45, 2.75) is 32.6 Å². The van der Waals surface area contributed by atoms with Gasteiger partial charge in [0, 0.05) is 13.1 Å². The summed E-state index contributed by atoms with van der Waals surface area (Å²) in [7, 11) is 0. The Morgan fingerprint density at radius 1 is 1.12 bits per heavy atom. The molecule has 0 N–H and O–H groups in total. The van der Waals surface area contributed by atoms with Crippen LogP contribution in [0.25, 0.3) is 0 Å². The van der Waals surface area contributed by atoms with Crippen molar-refractivity contribution >= 4 is 23.8 Å². The lowest BCUT2D eigenvalue weighted by Gasteiger charge is -2.35. The van der Waals surface area contributed by atoms with Crippen LogP contribution in [-0.2, 0) is 25.7 Å². The second kappa shape index (κ2) is 6.67. The van der Waals surface area contributed by atoms with Gasteiger partial charge in [-0.2, -0.15) is 0 Å². The Morgan fingerprint density at radius 3 is 2.36 bits per heavy atom. The molecule has 1 aromatic rings. The summed E-state index contributed by atoms with van der Waals surface area (Å²) in [5.41, 5.74) is 0. The van der Waals surface area contributed by atoms with Crippen molar-refractivity contribution in [3.05, 3.63) is 24.2 Å². The molecule has 0 aliphatic carbocycles. The number of carbonyl (C=O) groups excluding carboxylic acids is 4. The van der Waals surface area contributed by atoms with Gasteiger partial charge in [0.1, 0.15) is 12.3 Å². The average Bonchev–Trinajstić information content (AvgIpc) is 3.13. The van der Waals surface area contributed by atoms with E-state index in [1.165, 1.54) is 6.26 Å². The molecule has 0 bridgehead atoms. The molecule has 0 radical (unpaired) electrons. The molecule has 5 amide bonds. The maximum Gasteiger partial charge on any atom is 0.335 e. The van der Waals surface area contributed by atoms with E-state index in [2.05, 4.69) is 0 Å². The van der Waals surface area contributed by atoms with Crippen LogP contribution in [0.3, 0.4) is 0 Å². The molecule has 2 saturated heterocycles. The molecule has 2 fully saturated rings. The average molecular weight is 349 g/mol. The minimum absolute atomic E-state index is 0.130. The third-order valence-electron chi connectivity index (χ3n) is 4.09. The lowest BCUT2D eigenvalue weighted by Crippen LogP contribution is -2.51. The molecule has 134 valence electrons. The first-order valence-corrected chi connectivity index (χ1v) is 7.99. The Kier molecular flexibility index (Phi) is 4.58. The minimum atomic E-state index is -1.00. The molecule has 0 unspecified atom stereocenters. The number of morpholine rings is 1. The standard InChI is InChI=1S/C16H19N3O6/c1-10-6-17(7-11(2)25-10)13(20)9-19-15(22)14(21)18(16(19)23)8-12-4-3-5-24-12/h3-5,10-11H,6-9H2,1-2H3/t10-,11+. The van der Waals surface area contributed by atoms with Gasteiger partial charge in [-0.1, -0.05) is 0 Å². The number of furan rings is 1. The number of carbonyl (C=O) groups is 4. The Hall–Kier alpha value is -2.68. The summed E-state index contributed by atoms with van der Waals surface area (Å²) in [5, 5.41) is 0. The van der Waals surface area contributed by atoms with Gasteiger partial charge < -0.3 is 14.1 Å². The van der Waals surface area contributed by atoms with E-state index in [0.717, 1.165) is 4.90 Å². The summed E-state index contributed by atoms with van der Waals surface area (Å²) in [4.78, 5) is 51.9. The van der Waals surface area contributed by atoms with Crippen LogP contribution in [0.15, 0.2) is 22.8 Å². The summed E-state index contributed by atoms with van der Waals surface area (Å²) >= 11 is 0. The zero-order valence-electron chi connectivity index (χ0n) is 14.0. The molecule has 9 heteroatoms. The van der Waals surface area contributed by atoms with Gasteiger partial charge in [-0.3, -0.25) is 14.4 Å². The van der Waals surface area contributed by atoms with Gasteiger partial charge in [0.25, 0.3) is 0 Å². The van der Waals surface area contributed by atoms with Crippen molar-refractivity contribution in [3.8, 4) is 0 Å². The molecule has 0 aromatic carbocycles. The minimum Gasteiger partial charge on any atom is -0.467 e. The predicted octanol–water partition coefficient (Wildman–Crippen LogP) is 0.206. The molecular formula is C16H19N3O6. The maximum atomic E-state index is 12.4. The number of imide groups is 2. The fraction of sp³-hybridized carbons (Fsp3) is 0.500. The molecule has 0 saturated carbocycles. The van der Waals surface area contributed by atoms with E-state index in [1.54, 1.807) is 17.0 Å². The zero-order chi connectivity index (χ0) is 18.1. The Labute approximate surface area is 144 Å². The molecule has 9 nitrogen and oxygen atoms in total. The number of rotatable bonds is 4. The topological polar surface area (TPSA) is 100 Å². The van der Waals surface area contributed by atoms with Gasteiger partial charge in [-0.05, 0) is 26.0 Å². The fourth-order valence-corrected chi connectivity index (χ4v) is 3.00. The quantitative estimate of drug-likeness (QED) is 0.569. The van der Waals surface area contributed by atoms with Crippen molar-refractivity contribution in [2.75, 3.05) is 19.6 Å². The highest BCUT2D eigenvalue weighted by Gasteiger charge is 2.46. The summed E-state index contributed by atoms with van der Waals surface area (Å²) < 4.78 is 10.7. The van der Waals surface area contributed by atoms with Gasteiger partial charge in [-0.15, -0.1) is 0 Å². The summed E-state index contributed by atoms with van der Waals surface area (Å²) in [6.07, 6.45) is 1.15. The summed E-state index contributed by atoms with van der Waals surface area (Å²) in [6.45, 7) is 3.84. The van der Waals surface area contributed by atoms with Crippen LogP contribution in [-0.4, -0.2) is 70.3 Å². The smallest absolute Gasteiger partial charge is 0.335 e. The second-order valence-corrected chi connectivity index (χ2v) is 6.20. The SMILES string of the molecule is C[C@@H]1CN(C(=O)CN2C(=O)C(=O)N(Cc3ccco3)C2=O)C[C@H](C)O1. The van der Waals surface area contributed by atoms with Crippen molar-refractivity contribution in [1.29, 1.82) is 0 Å². The van der Waals surface area contributed by atoms with Crippen molar-refractivity contribution < 1.29 is 28.3 Å². The summed E-state index contributed by atoms with van der Waals surface area (Å²) in [6, 6.07) is 2.40. The van der Waals surface area contributed by atoms with E-state index >= 15 is 0 Å². The molecule has 3 rings (SSSR count). The van der Waals surface area contributed by atoms with Crippen LogP contribution in [0.1, 0.15) is 19.6 Å². The highest BCUT2D eigenvalue weighted by atomic mass is 16.5. The molecule has 25 heavy (non-hydrogen) atoms. The third kappa shape index (κ3) is 3.41. The van der Waals surface area contributed by atoms with E-state index < -0.39 is 30.3 Å². The van der Waals surface area contributed by atoms with E-state index in [-0.39, 0.29) is 18.8 Å². The van der Waals surface area contributed by atoms with Crippen LogP contribution in [0, 0.1) is 0 Å². The molecule has 2 aliphatic rings. The highest BCUT2D eigenvalue weighted by molar-refractivity contribution is 6.44. The number of ether oxygens (including phenoxy) is 1. The lowest BCUT2D eigenvalue weighted by molar-refractivity contribution is -0.148. The van der Waals surface area contributed by atoms with Crippen molar-refractivity contribution in [2.24, 2.45) is 0 Å². The van der Waals surface area contributed by atoms with Gasteiger partial charge in [0.2, 0.25) is 5.91 Å². The number of amides is 5. The lowest BCUT2D eigenvalue weighted by atomic mass is 10.2. The normalized spacial score (nSPS) is 24.4. The Balaban J connectivity index is 1.67. The Bertz CT molecular complexity index is 691. The highest BCUT2D eigenvalue weighted by Crippen LogP contribution is 2.17. The maximum absolute atomic E-state index is 12.4. The first-order valence-electron chi connectivity index (χ1n) is 7.99. The van der Waals surface area contributed by atoms with Crippen LogP contribution >= 0.6 is 0 Å². The predicted molar refractivity (Wildman–Crippen MR) is 83.0 cm³/mol. The van der Waals surface area contributed by atoms with Crippen molar-refractivity contribution in [3.63, 3.8) is 0 Å². The molecule has 2 atom stereocenters. The zero-order valence-corrected chi connectivity index (χ0v) is 14.0. The number of hydrogen-bond donors (Lipinski definition) is 0. The van der Waals surface area contributed by atoms with Crippen LogP contribution in [0.4, 0.5) is 4.79 Å². The Morgan fingerprint density at radius 2 is 1.76 bits per heavy atom. The van der Waals surface area contributed by atoms with E-state index in [1.807, 2.05) is 13.8 Å². The van der Waals surface area contributed by atoms with Gasteiger partial charge in [0.05, 0.1) is 25.0 Å². The van der Waals surface area contributed by atoms with Crippen LogP contribution < -0.4 is 0 Å². The fourth-order valence-electron chi connectivity index (χ4n) is 3.00.